The van der Waals surface area contributed by atoms with Gasteiger partial charge in [0.15, 0.2) is 0 Å². The zero-order valence-electron chi connectivity index (χ0n) is 19.6. The number of thioether (sulfide) groups is 1. The number of sulfonamides is 1. The van der Waals surface area contributed by atoms with Crippen molar-refractivity contribution in [2.75, 3.05) is 35.5 Å². The molecule has 4 N–H and O–H groups in total. The Hall–Kier alpha value is -2.38. The highest BCUT2D eigenvalue weighted by Crippen LogP contribution is 2.30. The Kier molecular flexibility index (Phi) is 8.41. The van der Waals surface area contributed by atoms with Gasteiger partial charge in [0, 0.05) is 48.1 Å². The molecule has 0 bridgehead atoms. The monoisotopic (exact) mass is 553 g/mol. The van der Waals surface area contributed by atoms with E-state index in [9.17, 15) is 23.1 Å². The molecule has 2 aromatic rings. The van der Waals surface area contributed by atoms with E-state index in [1.165, 1.54) is 12.3 Å². The Balaban J connectivity index is 1.24. The number of halogens is 1. The molecule has 2 aliphatic heterocycles. The largest absolute Gasteiger partial charge is 0.387 e. The number of amides is 2. The van der Waals surface area contributed by atoms with Gasteiger partial charge in [-0.3, -0.25) is 19.6 Å². The molecule has 0 radical (unpaired) electrons. The molecule has 2 atom stereocenters. The van der Waals surface area contributed by atoms with E-state index in [4.69, 9.17) is 11.6 Å². The standard InChI is InChI=1S/C23H28ClN5O5S2/c1-36(33,34)28-21-5-3-15(12-26-21)19(30)13-25-16-6-8-29(9-7-16)17-4-2-14(18(24)11-17)10-20-22(31)27-23(32)35-20/h2-5,11-12,16,19-20,25,30H,6-10,13H2,1H3,(H,26,28)(H,27,31,32). The predicted molar refractivity (Wildman–Crippen MR) is 141 cm³/mol. The molecule has 13 heteroatoms. The van der Waals surface area contributed by atoms with Crippen molar-refractivity contribution >= 4 is 56.0 Å². The zero-order valence-corrected chi connectivity index (χ0v) is 22.0. The summed E-state index contributed by atoms with van der Waals surface area (Å²) in [5, 5.41) is 16.0. The first-order chi connectivity index (χ1) is 17.1. The van der Waals surface area contributed by atoms with Crippen molar-refractivity contribution in [1.29, 1.82) is 0 Å². The van der Waals surface area contributed by atoms with Gasteiger partial charge in [-0.2, -0.15) is 0 Å². The summed E-state index contributed by atoms with van der Waals surface area (Å²) >= 11 is 7.49. The molecule has 4 rings (SSSR count). The third-order valence-electron chi connectivity index (χ3n) is 6.13. The highest BCUT2D eigenvalue weighted by Gasteiger charge is 2.32. The average molecular weight is 554 g/mol. The summed E-state index contributed by atoms with van der Waals surface area (Å²) in [5.41, 5.74) is 2.45. The fourth-order valence-electron chi connectivity index (χ4n) is 4.22. The van der Waals surface area contributed by atoms with Crippen molar-refractivity contribution in [3.63, 3.8) is 0 Å². The number of benzene rings is 1. The van der Waals surface area contributed by atoms with Crippen LogP contribution in [0.4, 0.5) is 16.3 Å². The molecule has 2 saturated heterocycles. The van der Waals surface area contributed by atoms with Gasteiger partial charge in [-0.15, -0.1) is 0 Å². The minimum Gasteiger partial charge on any atom is -0.387 e. The van der Waals surface area contributed by atoms with Crippen LogP contribution in [-0.4, -0.2) is 66.8 Å². The van der Waals surface area contributed by atoms with E-state index in [-0.39, 0.29) is 23.0 Å². The fraction of sp³-hybridized carbons (Fsp3) is 0.435. The predicted octanol–water partition coefficient (Wildman–Crippen LogP) is 2.29. The molecular weight excluding hydrogens is 526 g/mol. The maximum absolute atomic E-state index is 11.8. The van der Waals surface area contributed by atoms with E-state index in [0.29, 0.717) is 23.6 Å². The SMILES string of the molecule is CS(=O)(=O)Nc1ccc(C(O)CNC2CCN(c3ccc(CC4SC(=O)NC4=O)c(Cl)c3)CC2)cn1. The molecule has 2 fully saturated rings. The third kappa shape index (κ3) is 7.10. The van der Waals surface area contributed by atoms with Crippen LogP contribution >= 0.6 is 23.4 Å². The topological polar surface area (TPSA) is 141 Å². The molecule has 0 spiro atoms. The van der Waals surface area contributed by atoms with Crippen molar-refractivity contribution in [2.45, 2.75) is 36.7 Å². The number of aliphatic hydroxyl groups excluding tert-OH is 1. The lowest BCUT2D eigenvalue weighted by molar-refractivity contribution is -0.118. The second kappa shape index (κ2) is 11.3. The second-order valence-corrected chi connectivity index (χ2v) is 12.2. The summed E-state index contributed by atoms with van der Waals surface area (Å²) in [4.78, 5) is 29.5. The Morgan fingerprint density at radius 1 is 1.25 bits per heavy atom. The normalized spacial score (nSPS) is 19.9. The van der Waals surface area contributed by atoms with Gasteiger partial charge in [0.2, 0.25) is 15.9 Å². The first-order valence-corrected chi connectivity index (χ1v) is 14.6. The molecule has 3 heterocycles. The average Bonchev–Trinajstić information content (AvgIpc) is 3.15. The lowest BCUT2D eigenvalue weighted by Crippen LogP contribution is -2.43. The van der Waals surface area contributed by atoms with Crippen LogP contribution in [0, 0.1) is 0 Å². The van der Waals surface area contributed by atoms with E-state index in [1.807, 2.05) is 18.2 Å². The Morgan fingerprint density at radius 3 is 2.58 bits per heavy atom. The quantitative estimate of drug-likeness (QED) is 0.368. The molecule has 36 heavy (non-hydrogen) atoms. The fourth-order valence-corrected chi connectivity index (χ4v) is 5.82. The molecular formula is C23H28ClN5O5S2. The number of nitrogens with one attached hydrogen (secondary N) is 3. The van der Waals surface area contributed by atoms with Crippen LogP contribution in [-0.2, 0) is 21.2 Å². The van der Waals surface area contributed by atoms with E-state index in [2.05, 4.69) is 25.2 Å². The smallest absolute Gasteiger partial charge is 0.286 e. The van der Waals surface area contributed by atoms with Crippen molar-refractivity contribution in [1.82, 2.24) is 15.6 Å². The minimum atomic E-state index is -3.40. The van der Waals surface area contributed by atoms with Crippen molar-refractivity contribution in [3.05, 3.63) is 52.7 Å². The Bertz CT molecular complexity index is 1220. The van der Waals surface area contributed by atoms with Gasteiger partial charge in [-0.1, -0.05) is 35.5 Å². The number of piperidine rings is 1. The number of carbonyl (C=O) groups is 2. The number of nitrogens with zero attached hydrogens (tertiary/aromatic N) is 2. The molecule has 2 unspecified atom stereocenters. The molecule has 0 aliphatic carbocycles. The van der Waals surface area contributed by atoms with Crippen molar-refractivity contribution in [3.8, 4) is 0 Å². The lowest BCUT2D eigenvalue weighted by atomic mass is 10.0. The molecule has 10 nitrogen and oxygen atoms in total. The van der Waals surface area contributed by atoms with Crippen molar-refractivity contribution < 1.29 is 23.1 Å². The molecule has 1 aromatic carbocycles. The first kappa shape index (κ1) is 26.7. The minimum absolute atomic E-state index is 0.208. The maximum atomic E-state index is 11.8. The van der Waals surface area contributed by atoms with Crippen LogP contribution in [0.15, 0.2) is 36.5 Å². The number of aromatic nitrogens is 1. The van der Waals surface area contributed by atoms with E-state index in [0.717, 1.165) is 55.2 Å². The maximum Gasteiger partial charge on any atom is 0.286 e. The summed E-state index contributed by atoms with van der Waals surface area (Å²) in [5.74, 6) is -0.0676. The van der Waals surface area contributed by atoms with Crippen LogP contribution in [0.1, 0.15) is 30.1 Å². The summed E-state index contributed by atoms with van der Waals surface area (Å²) in [6.07, 6.45) is 3.95. The van der Waals surface area contributed by atoms with Gasteiger partial charge in [-0.05, 0) is 43.0 Å². The number of anilines is 2. The zero-order chi connectivity index (χ0) is 25.9. The van der Waals surface area contributed by atoms with Gasteiger partial charge < -0.3 is 15.3 Å². The number of hydrogen-bond donors (Lipinski definition) is 4. The number of pyridine rings is 1. The Morgan fingerprint density at radius 2 is 2.00 bits per heavy atom. The number of hydrogen-bond acceptors (Lipinski definition) is 9. The molecule has 2 aliphatic rings. The molecule has 2 amide bonds. The van der Waals surface area contributed by atoms with Crippen LogP contribution in [0.5, 0.6) is 0 Å². The summed E-state index contributed by atoms with van der Waals surface area (Å²) < 4.78 is 24.9. The number of aliphatic hydroxyl groups is 1. The third-order valence-corrected chi connectivity index (χ3v) is 8.04. The van der Waals surface area contributed by atoms with Crippen LogP contribution in [0.3, 0.4) is 0 Å². The first-order valence-electron chi connectivity index (χ1n) is 11.5. The van der Waals surface area contributed by atoms with Gasteiger partial charge in [0.1, 0.15) is 5.82 Å². The lowest BCUT2D eigenvalue weighted by Gasteiger charge is -2.34. The van der Waals surface area contributed by atoms with Crippen molar-refractivity contribution in [2.24, 2.45) is 0 Å². The van der Waals surface area contributed by atoms with E-state index < -0.39 is 21.4 Å². The van der Waals surface area contributed by atoms with Gasteiger partial charge >= 0.3 is 0 Å². The highest BCUT2D eigenvalue weighted by atomic mass is 35.5. The number of imide groups is 1. The number of carbonyl (C=O) groups excluding carboxylic acids is 2. The van der Waals surface area contributed by atoms with Gasteiger partial charge in [0.25, 0.3) is 5.24 Å². The summed E-state index contributed by atoms with van der Waals surface area (Å²) in [6, 6.07) is 9.24. The molecule has 1 aromatic heterocycles. The van der Waals surface area contributed by atoms with Gasteiger partial charge in [-0.25, -0.2) is 13.4 Å². The molecule has 194 valence electrons. The van der Waals surface area contributed by atoms with Crippen LogP contribution in [0.25, 0.3) is 0 Å². The molecule has 0 saturated carbocycles. The van der Waals surface area contributed by atoms with Gasteiger partial charge in [0.05, 0.1) is 17.6 Å². The summed E-state index contributed by atoms with van der Waals surface area (Å²) in [6.45, 7) is 2.01. The summed E-state index contributed by atoms with van der Waals surface area (Å²) in [7, 11) is -3.40. The van der Waals surface area contributed by atoms with E-state index in [1.54, 1.807) is 6.07 Å². The van der Waals surface area contributed by atoms with Crippen LogP contribution in [0.2, 0.25) is 5.02 Å². The van der Waals surface area contributed by atoms with Crippen LogP contribution < -0.4 is 20.3 Å². The second-order valence-electron chi connectivity index (χ2n) is 8.90. The highest BCUT2D eigenvalue weighted by molar-refractivity contribution is 8.15. The Labute approximate surface area is 219 Å². The number of rotatable bonds is 9. The van der Waals surface area contributed by atoms with E-state index >= 15 is 0 Å².